The molecule has 1 fully saturated rings. The summed E-state index contributed by atoms with van der Waals surface area (Å²) in [6.07, 6.45) is 0.349. The number of nitrogens with zero attached hydrogens (tertiary/aromatic N) is 1. The van der Waals surface area contributed by atoms with Crippen LogP contribution in [0, 0.1) is 0 Å². The summed E-state index contributed by atoms with van der Waals surface area (Å²) in [5.74, 6) is -0.0301. The van der Waals surface area contributed by atoms with Gasteiger partial charge in [0.1, 0.15) is 0 Å². The summed E-state index contributed by atoms with van der Waals surface area (Å²) in [7, 11) is 0. The number of carbonyl (C=O) groups excluding carboxylic acids is 1. The zero-order valence-electron chi connectivity index (χ0n) is 7.91. The molecule has 5 heteroatoms. The maximum absolute atomic E-state index is 11.6. The molecule has 1 atom stereocenters. The lowest BCUT2D eigenvalue weighted by molar-refractivity contribution is -0.117. The Balaban J connectivity index is 2.41. The summed E-state index contributed by atoms with van der Waals surface area (Å²) in [6.45, 7) is 0.474. The smallest absolute Gasteiger partial charge is 0.228 e. The molecule has 1 aromatic carbocycles. The molecular weight excluding hydrogens is 235 g/mol. The highest BCUT2D eigenvalue weighted by Crippen LogP contribution is 2.35. The monoisotopic (exact) mass is 244 g/mol. The Morgan fingerprint density at radius 1 is 1.33 bits per heavy atom. The molecule has 1 unspecified atom stereocenters. The van der Waals surface area contributed by atoms with Crippen LogP contribution in [-0.2, 0) is 4.79 Å². The van der Waals surface area contributed by atoms with Crippen molar-refractivity contribution in [3.05, 3.63) is 28.2 Å². The molecule has 0 saturated carbocycles. The van der Waals surface area contributed by atoms with Gasteiger partial charge in [-0.15, -0.1) is 0 Å². The highest BCUT2D eigenvalue weighted by Gasteiger charge is 2.30. The Kier molecular flexibility index (Phi) is 2.87. The van der Waals surface area contributed by atoms with Crippen molar-refractivity contribution >= 4 is 34.8 Å². The van der Waals surface area contributed by atoms with E-state index in [-0.39, 0.29) is 11.9 Å². The van der Waals surface area contributed by atoms with Gasteiger partial charge in [0.15, 0.2) is 0 Å². The molecule has 1 saturated heterocycles. The summed E-state index contributed by atoms with van der Waals surface area (Å²) in [5, 5.41) is 0.954. The quantitative estimate of drug-likeness (QED) is 0.823. The van der Waals surface area contributed by atoms with Gasteiger partial charge in [-0.1, -0.05) is 29.3 Å². The number of amides is 1. The minimum absolute atomic E-state index is 0.0301. The largest absolute Gasteiger partial charge is 0.326 e. The van der Waals surface area contributed by atoms with Crippen LogP contribution in [-0.4, -0.2) is 18.5 Å². The van der Waals surface area contributed by atoms with Crippen molar-refractivity contribution in [3.8, 4) is 0 Å². The molecule has 2 N–H and O–H groups in total. The van der Waals surface area contributed by atoms with Gasteiger partial charge >= 0.3 is 0 Å². The van der Waals surface area contributed by atoms with E-state index >= 15 is 0 Å². The van der Waals surface area contributed by atoms with E-state index in [0.29, 0.717) is 28.7 Å². The van der Waals surface area contributed by atoms with E-state index in [4.69, 9.17) is 28.9 Å². The summed E-state index contributed by atoms with van der Waals surface area (Å²) < 4.78 is 0. The zero-order chi connectivity index (χ0) is 11.0. The van der Waals surface area contributed by atoms with Gasteiger partial charge < -0.3 is 10.6 Å². The summed E-state index contributed by atoms with van der Waals surface area (Å²) >= 11 is 12.0. The molecule has 3 nitrogen and oxygen atoms in total. The van der Waals surface area contributed by atoms with Crippen molar-refractivity contribution in [2.45, 2.75) is 12.5 Å². The third-order valence-electron chi connectivity index (χ3n) is 2.36. The fourth-order valence-electron chi connectivity index (χ4n) is 1.70. The van der Waals surface area contributed by atoms with Crippen LogP contribution in [0.4, 0.5) is 5.69 Å². The Hall–Kier alpha value is -0.770. The second-order valence-corrected chi connectivity index (χ2v) is 4.35. The summed E-state index contributed by atoms with van der Waals surface area (Å²) in [6, 6.07) is 5.03. The second-order valence-electron chi connectivity index (χ2n) is 3.54. The lowest BCUT2D eigenvalue weighted by Crippen LogP contribution is -2.28. The van der Waals surface area contributed by atoms with Gasteiger partial charge in [-0.25, -0.2) is 0 Å². The zero-order valence-corrected chi connectivity index (χ0v) is 9.42. The van der Waals surface area contributed by atoms with E-state index in [1.54, 1.807) is 23.1 Å². The molecule has 1 aromatic rings. The number of halogens is 2. The topological polar surface area (TPSA) is 46.3 Å². The van der Waals surface area contributed by atoms with Gasteiger partial charge in [-0.05, 0) is 12.1 Å². The van der Waals surface area contributed by atoms with Crippen molar-refractivity contribution in [1.29, 1.82) is 0 Å². The van der Waals surface area contributed by atoms with Crippen LogP contribution in [0.25, 0.3) is 0 Å². The van der Waals surface area contributed by atoms with Gasteiger partial charge in [0.2, 0.25) is 5.91 Å². The molecule has 0 radical (unpaired) electrons. The molecular formula is C10H10Cl2N2O. The molecule has 1 aliphatic heterocycles. The lowest BCUT2D eigenvalue weighted by atomic mass is 10.3. The molecule has 2 rings (SSSR count). The Bertz CT molecular complexity index is 388. The van der Waals surface area contributed by atoms with Crippen molar-refractivity contribution < 1.29 is 4.79 Å². The van der Waals surface area contributed by atoms with E-state index in [9.17, 15) is 4.79 Å². The average molecular weight is 245 g/mol. The van der Waals surface area contributed by atoms with Crippen molar-refractivity contribution in [2.24, 2.45) is 5.73 Å². The molecule has 0 bridgehead atoms. The maximum Gasteiger partial charge on any atom is 0.228 e. The van der Waals surface area contributed by atoms with Gasteiger partial charge in [-0.2, -0.15) is 0 Å². The molecule has 80 valence electrons. The highest BCUT2D eigenvalue weighted by molar-refractivity contribution is 6.40. The molecule has 1 amide bonds. The van der Waals surface area contributed by atoms with Gasteiger partial charge in [0.25, 0.3) is 0 Å². The lowest BCUT2D eigenvalue weighted by Gasteiger charge is -2.18. The third kappa shape index (κ3) is 1.95. The maximum atomic E-state index is 11.6. The number of hydrogen-bond donors (Lipinski definition) is 1. The second kappa shape index (κ2) is 4.00. The Morgan fingerprint density at radius 2 is 1.93 bits per heavy atom. The van der Waals surface area contributed by atoms with Crippen LogP contribution in [0.15, 0.2) is 18.2 Å². The van der Waals surface area contributed by atoms with Crippen LogP contribution in [0.2, 0.25) is 10.0 Å². The first-order chi connectivity index (χ1) is 7.09. The first kappa shape index (κ1) is 10.7. The molecule has 0 aliphatic carbocycles. The first-order valence-corrected chi connectivity index (χ1v) is 5.35. The number of carbonyl (C=O) groups is 1. The van der Waals surface area contributed by atoms with Gasteiger partial charge in [-0.3, -0.25) is 4.79 Å². The van der Waals surface area contributed by atoms with E-state index in [1.807, 2.05) is 0 Å². The summed E-state index contributed by atoms with van der Waals surface area (Å²) in [5.41, 5.74) is 6.27. The highest BCUT2D eigenvalue weighted by atomic mass is 35.5. The van der Waals surface area contributed by atoms with Crippen molar-refractivity contribution in [1.82, 2.24) is 0 Å². The third-order valence-corrected chi connectivity index (χ3v) is 2.97. The van der Waals surface area contributed by atoms with E-state index in [2.05, 4.69) is 0 Å². The SMILES string of the molecule is NC1CC(=O)N(c2c(Cl)cccc2Cl)C1. The van der Waals surface area contributed by atoms with Crippen LogP contribution in [0.5, 0.6) is 0 Å². The van der Waals surface area contributed by atoms with Gasteiger partial charge in [0, 0.05) is 19.0 Å². The van der Waals surface area contributed by atoms with E-state index in [0.717, 1.165) is 0 Å². The number of benzene rings is 1. The minimum atomic E-state index is -0.134. The van der Waals surface area contributed by atoms with Gasteiger partial charge in [0.05, 0.1) is 15.7 Å². The van der Waals surface area contributed by atoms with Crippen LogP contribution in [0.1, 0.15) is 6.42 Å². The first-order valence-electron chi connectivity index (χ1n) is 4.59. The predicted molar refractivity (Wildman–Crippen MR) is 61.4 cm³/mol. The number of anilines is 1. The number of rotatable bonds is 1. The molecule has 1 heterocycles. The normalized spacial score (nSPS) is 21.1. The molecule has 0 aromatic heterocycles. The molecule has 0 spiro atoms. The average Bonchev–Trinajstić information content (AvgIpc) is 2.45. The van der Waals surface area contributed by atoms with Crippen molar-refractivity contribution in [3.63, 3.8) is 0 Å². The summed E-state index contributed by atoms with van der Waals surface area (Å²) in [4.78, 5) is 13.2. The number of hydrogen-bond acceptors (Lipinski definition) is 2. The fourth-order valence-corrected chi connectivity index (χ4v) is 2.30. The predicted octanol–water partition coefficient (Wildman–Crippen LogP) is 2.06. The standard InChI is InChI=1S/C10H10Cl2N2O/c11-7-2-1-3-8(12)10(7)14-5-6(13)4-9(14)15/h1-3,6H,4-5,13H2. The van der Waals surface area contributed by atoms with Crippen LogP contribution in [0.3, 0.4) is 0 Å². The number of para-hydroxylation sites is 1. The molecule has 15 heavy (non-hydrogen) atoms. The van der Waals surface area contributed by atoms with Crippen molar-refractivity contribution in [2.75, 3.05) is 11.4 Å². The fraction of sp³-hybridized carbons (Fsp3) is 0.300. The van der Waals surface area contributed by atoms with E-state index < -0.39 is 0 Å². The minimum Gasteiger partial charge on any atom is -0.326 e. The Labute approximate surface area is 97.8 Å². The van der Waals surface area contributed by atoms with E-state index in [1.165, 1.54) is 0 Å². The van der Waals surface area contributed by atoms with Crippen LogP contribution < -0.4 is 10.6 Å². The van der Waals surface area contributed by atoms with Crippen LogP contribution >= 0.6 is 23.2 Å². The molecule has 1 aliphatic rings. The Morgan fingerprint density at radius 3 is 2.40 bits per heavy atom. The number of nitrogens with two attached hydrogens (primary N) is 1.